The maximum Gasteiger partial charge on any atom is 0.265 e. The summed E-state index contributed by atoms with van der Waals surface area (Å²) in [5, 5.41) is -0.0639. The summed E-state index contributed by atoms with van der Waals surface area (Å²) in [6.45, 7) is 3.77. The Morgan fingerprint density at radius 3 is 2.70 bits per heavy atom. The van der Waals surface area contributed by atoms with E-state index >= 15 is 0 Å². The molecular formula is C13H12BrClN2O2S. The smallest absolute Gasteiger partial charge is 0.265 e. The average Bonchev–Trinajstić information content (AvgIpc) is 2.37. The van der Waals surface area contributed by atoms with Crippen LogP contribution in [0.1, 0.15) is 11.1 Å². The number of aromatic nitrogens is 1. The molecule has 7 heteroatoms. The predicted octanol–water partition coefficient (Wildman–Crippen LogP) is 3.92. The molecule has 0 saturated heterocycles. The second-order valence-corrected chi connectivity index (χ2v) is 7.22. The van der Waals surface area contributed by atoms with Gasteiger partial charge in [0.25, 0.3) is 10.0 Å². The summed E-state index contributed by atoms with van der Waals surface area (Å²) in [4.78, 5) is 3.77. The molecule has 0 fully saturated rings. The molecule has 0 unspecified atom stereocenters. The fourth-order valence-electron chi connectivity index (χ4n) is 1.65. The van der Waals surface area contributed by atoms with E-state index in [9.17, 15) is 8.42 Å². The molecule has 1 aromatic carbocycles. The normalized spacial score (nSPS) is 11.4. The number of anilines is 1. The summed E-state index contributed by atoms with van der Waals surface area (Å²) in [6, 6.07) is 6.84. The first-order valence-corrected chi connectivity index (χ1v) is 8.37. The first-order valence-electron chi connectivity index (χ1n) is 5.71. The third-order valence-electron chi connectivity index (χ3n) is 2.91. The summed E-state index contributed by atoms with van der Waals surface area (Å²) in [6.07, 6.45) is 1.44. The van der Waals surface area contributed by atoms with Crippen molar-refractivity contribution in [2.45, 2.75) is 18.7 Å². The summed E-state index contributed by atoms with van der Waals surface area (Å²) >= 11 is 9.05. The number of hydrogen-bond acceptors (Lipinski definition) is 3. The van der Waals surface area contributed by atoms with Crippen molar-refractivity contribution in [2.24, 2.45) is 0 Å². The summed E-state index contributed by atoms with van der Waals surface area (Å²) in [5.41, 5.74) is 2.40. The van der Waals surface area contributed by atoms with Crippen LogP contribution in [0.4, 0.5) is 5.69 Å². The fourth-order valence-corrected chi connectivity index (χ4v) is 3.72. The van der Waals surface area contributed by atoms with Gasteiger partial charge in [0, 0.05) is 10.7 Å². The van der Waals surface area contributed by atoms with Crippen molar-refractivity contribution < 1.29 is 8.42 Å². The molecule has 0 aliphatic heterocycles. The molecule has 1 N–H and O–H groups in total. The second kappa shape index (κ2) is 5.71. The van der Waals surface area contributed by atoms with Gasteiger partial charge in [-0.3, -0.25) is 4.72 Å². The fraction of sp³-hybridized carbons (Fsp3) is 0.154. The van der Waals surface area contributed by atoms with Crippen LogP contribution in [0.3, 0.4) is 0 Å². The lowest BCUT2D eigenvalue weighted by Gasteiger charge is -2.12. The van der Waals surface area contributed by atoms with Crippen molar-refractivity contribution in [3.05, 3.63) is 51.2 Å². The lowest BCUT2D eigenvalue weighted by Crippen LogP contribution is -2.15. The van der Waals surface area contributed by atoms with E-state index in [0.717, 1.165) is 11.1 Å². The van der Waals surface area contributed by atoms with Gasteiger partial charge < -0.3 is 0 Å². The molecule has 20 heavy (non-hydrogen) atoms. The highest BCUT2D eigenvalue weighted by molar-refractivity contribution is 9.10. The molecule has 2 rings (SSSR count). The molecule has 0 amide bonds. The standard InChI is InChI=1S/C13H12BrClN2O2S/c1-8-4-3-5-11(9(8)2)17-20(18,19)12-6-10(14)7-16-13(12)15/h3-7,17H,1-2H3. The quantitative estimate of drug-likeness (QED) is 0.827. The number of nitrogens with zero attached hydrogens (tertiary/aromatic N) is 1. The van der Waals surface area contributed by atoms with Crippen molar-refractivity contribution >= 4 is 43.2 Å². The third-order valence-corrected chi connectivity index (χ3v) is 5.14. The Balaban J connectivity index is 2.46. The Kier molecular flexibility index (Phi) is 4.36. The van der Waals surface area contributed by atoms with Gasteiger partial charge in [-0.2, -0.15) is 0 Å². The van der Waals surface area contributed by atoms with Crippen LogP contribution in [0.15, 0.2) is 39.8 Å². The maximum absolute atomic E-state index is 12.4. The summed E-state index contributed by atoms with van der Waals surface area (Å²) in [7, 11) is -3.78. The molecule has 1 heterocycles. The molecule has 0 saturated carbocycles. The number of hydrogen-bond donors (Lipinski definition) is 1. The number of benzene rings is 1. The largest absolute Gasteiger partial charge is 0.279 e. The van der Waals surface area contributed by atoms with Crippen LogP contribution < -0.4 is 4.72 Å². The van der Waals surface area contributed by atoms with E-state index in [-0.39, 0.29) is 10.0 Å². The topological polar surface area (TPSA) is 59.1 Å². The maximum atomic E-state index is 12.4. The molecule has 0 atom stereocenters. The van der Waals surface area contributed by atoms with Gasteiger partial charge in [0.05, 0.1) is 5.69 Å². The van der Waals surface area contributed by atoms with Crippen molar-refractivity contribution in [3.8, 4) is 0 Å². The highest BCUT2D eigenvalue weighted by Crippen LogP contribution is 2.26. The SMILES string of the molecule is Cc1cccc(NS(=O)(=O)c2cc(Br)cnc2Cl)c1C. The molecule has 0 aliphatic rings. The van der Waals surface area contributed by atoms with Crippen LogP contribution in [0.25, 0.3) is 0 Å². The Hall–Kier alpha value is -1.11. The van der Waals surface area contributed by atoms with Gasteiger partial charge in [-0.05, 0) is 53.0 Å². The Labute approximate surface area is 131 Å². The number of pyridine rings is 1. The van der Waals surface area contributed by atoms with Gasteiger partial charge in [-0.25, -0.2) is 13.4 Å². The van der Waals surface area contributed by atoms with Crippen molar-refractivity contribution in [1.82, 2.24) is 4.98 Å². The molecule has 0 radical (unpaired) electrons. The molecule has 4 nitrogen and oxygen atoms in total. The van der Waals surface area contributed by atoms with Crippen LogP contribution in [0.2, 0.25) is 5.15 Å². The lowest BCUT2D eigenvalue weighted by molar-refractivity contribution is 0.600. The van der Waals surface area contributed by atoms with Gasteiger partial charge in [-0.15, -0.1) is 0 Å². The molecule has 106 valence electrons. The predicted molar refractivity (Wildman–Crippen MR) is 83.7 cm³/mol. The zero-order chi connectivity index (χ0) is 14.9. The van der Waals surface area contributed by atoms with Gasteiger partial charge in [-0.1, -0.05) is 23.7 Å². The zero-order valence-corrected chi connectivity index (χ0v) is 14.0. The minimum atomic E-state index is -3.78. The summed E-state index contributed by atoms with van der Waals surface area (Å²) in [5.74, 6) is 0. The molecule has 0 spiro atoms. The number of rotatable bonds is 3. The third kappa shape index (κ3) is 3.13. The Morgan fingerprint density at radius 2 is 2.00 bits per heavy atom. The minimum Gasteiger partial charge on any atom is -0.279 e. The first kappa shape index (κ1) is 15.3. The Morgan fingerprint density at radius 1 is 1.30 bits per heavy atom. The van der Waals surface area contributed by atoms with E-state index in [2.05, 4.69) is 25.6 Å². The first-order chi connectivity index (χ1) is 9.31. The number of nitrogens with one attached hydrogen (secondary N) is 1. The van der Waals surface area contributed by atoms with E-state index in [1.807, 2.05) is 19.9 Å². The molecule has 1 aromatic heterocycles. The monoisotopic (exact) mass is 374 g/mol. The number of sulfonamides is 1. The average molecular weight is 376 g/mol. The lowest BCUT2D eigenvalue weighted by atomic mass is 10.1. The second-order valence-electron chi connectivity index (χ2n) is 4.30. The Bertz CT molecular complexity index is 763. The molecule has 2 aromatic rings. The van der Waals surface area contributed by atoms with E-state index < -0.39 is 10.0 Å². The molecule has 0 aliphatic carbocycles. The minimum absolute atomic E-state index is 0.0607. The van der Waals surface area contributed by atoms with Gasteiger partial charge in [0.1, 0.15) is 10.0 Å². The molecule has 0 bridgehead atoms. The van der Waals surface area contributed by atoms with Gasteiger partial charge in [0.15, 0.2) is 0 Å². The van der Waals surface area contributed by atoms with Crippen LogP contribution in [0.5, 0.6) is 0 Å². The molecular weight excluding hydrogens is 364 g/mol. The highest BCUT2D eigenvalue weighted by Gasteiger charge is 2.20. The number of aryl methyl sites for hydroxylation is 1. The van der Waals surface area contributed by atoms with Crippen molar-refractivity contribution in [3.63, 3.8) is 0 Å². The van der Waals surface area contributed by atoms with Crippen LogP contribution in [0, 0.1) is 13.8 Å². The summed E-state index contributed by atoms with van der Waals surface area (Å²) < 4.78 is 27.8. The van der Waals surface area contributed by atoms with Crippen molar-refractivity contribution in [1.29, 1.82) is 0 Å². The number of halogens is 2. The van der Waals surface area contributed by atoms with E-state index in [1.165, 1.54) is 12.3 Å². The van der Waals surface area contributed by atoms with E-state index in [4.69, 9.17) is 11.6 Å². The van der Waals surface area contributed by atoms with Gasteiger partial charge in [0.2, 0.25) is 0 Å². The zero-order valence-electron chi connectivity index (χ0n) is 10.8. The van der Waals surface area contributed by atoms with Crippen LogP contribution in [-0.2, 0) is 10.0 Å². The highest BCUT2D eigenvalue weighted by atomic mass is 79.9. The van der Waals surface area contributed by atoms with Crippen LogP contribution in [-0.4, -0.2) is 13.4 Å². The van der Waals surface area contributed by atoms with Gasteiger partial charge >= 0.3 is 0 Å². The van der Waals surface area contributed by atoms with Crippen LogP contribution >= 0.6 is 27.5 Å². The van der Waals surface area contributed by atoms with E-state index in [0.29, 0.717) is 10.2 Å². The van der Waals surface area contributed by atoms with Crippen molar-refractivity contribution in [2.75, 3.05) is 4.72 Å². The van der Waals surface area contributed by atoms with E-state index in [1.54, 1.807) is 12.1 Å².